The molecule has 6 nitrogen and oxygen atoms in total. The topological polar surface area (TPSA) is 65.0 Å². The maximum atomic E-state index is 12.2. The Bertz CT molecular complexity index is 604. The van der Waals surface area contributed by atoms with Gasteiger partial charge in [-0.2, -0.15) is 0 Å². The molecule has 0 saturated carbocycles. The summed E-state index contributed by atoms with van der Waals surface area (Å²) in [5.74, 6) is 2.10. The third-order valence-electron chi connectivity index (χ3n) is 4.11. The van der Waals surface area contributed by atoms with Crippen molar-refractivity contribution >= 4 is 46.6 Å². The maximum absolute atomic E-state index is 12.2. The van der Waals surface area contributed by atoms with Crippen molar-refractivity contribution < 1.29 is 9.00 Å². The molecule has 1 N–H and O–H groups in total. The minimum absolute atomic E-state index is 0. The largest absolute Gasteiger partial charge is 0.357 e. The zero-order chi connectivity index (χ0) is 18.1. The number of benzene rings is 1. The molecule has 2 rings (SSSR count). The van der Waals surface area contributed by atoms with Gasteiger partial charge in [-0.3, -0.25) is 14.0 Å². The number of nitrogens with one attached hydrogen (secondary N) is 1. The van der Waals surface area contributed by atoms with E-state index in [4.69, 9.17) is 0 Å². The number of hydrogen-bond donors (Lipinski definition) is 1. The summed E-state index contributed by atoms with van der Waals surface area (Å²) >= 11 is 0. The molecule has 8 heteroatoms. The standard InChI is InChI=1S/C18H28N4O2S.HI/c1-3-19-18(22-12-10-21(11-13-22)16(2)23)20-9-14-25(24)15-17-7-5-4-6-8-17;/h4-8H,3,9-15H2,1-2H3,(H,19,20);1H. The molecule has 1 saturated heterocycles. The highest BCUT2D eigenvalue weighted by atomic mass is 127. The van der Waals surface area contributed by atoms with Gasteiger partial charge in [0.2, 0.25) is 5.91 Å². The van der Waals surface area contributed by atoms with Gasteiger partial charge in [0, 0.05) is 62.0 Å². The Morgan fingerprint density at radius 1 is 1.15 bits per heavy atom. The summed E-state index contributed by atoms with van der Waals surface area (Å²) in [6, 6.07) is 9.90. The number of piperazine rings is 1. The van der Waals surface area contributed by atoms with Crippen molar-refractivity contribution in [3.8, 4) is 0 Å². The van der Waals surface area contributed by atoms with Gasteiger partial charge in [-0.15, -0.1) is 24.0 Å². The zero-order valence-corrected chi connectivity index (χ0v) is 18.7. The molecule has 1 amide bonds. The summed E-state index contributed by atoms with van der Waals surface area (Å²) in [6.45, 7) is 7.97. The molecule has 1 aromatic carbocycles. The lowest BCUT2D eigenvalue weighted by Crippen LogP contribution is -2.53. The normalized spacial score (nSPS) is 16.0. The summed E-state index contributed by atoms with van der Waals surface area (Å²) in [4.78, 5) is 20.1. The molecule has 1 fully saturated rings. The molecular formula is C18H29IN4O2S. The molecule has 26 heavy (non-hydrogen) atoms. The van der Waals surface area contributed by atoms with E-state index in [1.54, 1.807) is 6.92 Å². The Morgan fingerprint density at radius 2 is 1.77 bits per heavy atom. The van der Waals surface area contributed by atoms with Crippen molar-refractivity contribution in [1.29, 1.82) is 0 Å². The van der Waals surface area contributed by atoms with Crippen LogP contribution in [0.25, 0.3) is 0 Å². The molecule has 1 unspecified atom stereocenters. The predicted molar refractivity (Wildman–Crippen MR) is 118 cm³/mol. The highest BCUT2D eigenvalue weighted by Gasteiger charge is 2.20. The van der Waals surface area contributed by atoms with E-state index in [0.717, 1.165) is 44.2 Å². The zero-order valence-electron chi connectivity index (χ0n) is 15.5. The Hall–Kier alpha value is -1.16. The van der Waals surface area contributed by atoms with E-state index in [0.29, 0.717) is 18.1 Å². The van der Waals surface area contributed by atoms with Crippen LogP contribution in [0.2, 0.25) is 0 Å². The van der Waals surface area contributed by atoms with E-state index in [1.807, 2.05) is 42.2 Å². The van der Waals surface area contributed by atoms with Crippen molar-refractivity contribution in [1.82, 2.24) is 15.1 Å². The minimum atomic E-state index is -0.914. The molecule has 146 valence electrons. The number of hydrogen-bond acceptors (Lipinski definition) is 3. The molecule has 1 atom stereocenters. The van der Waals surface area contributed by atoms with Crippen molar-refractivity contribution in [3.63, 3.8) is 0 Å². The summed E-state index contributed by atoms with van der Waals surface area (Å²) in [5.41, 5.74) is 1.09. The van der Waals surface area contributed by atoms with Crippen LogP contribution in [-0.4, -0.2) is 70.9 Å². The van der Waals surface area contributed by atoms with E-state index in [1.165, 1.54) is 0 Å². The lowest BCUT2D eigenvalue weighted by molar-refractivity contribution is -0.130. The van der Waals surface area contributed by atoms with Gasteiger partial charge in [0.05, 0.1) is 6.54 Å². The molecular weight excluding hydrogens is 463 g/mol. The third-order valence-corrected chi connectivity index (χ3v) is 5.40. The maximum Gasteiger partial charge on any atom is 0.219 e. The molecule has 1 heterocycles. The lowest BCUT2D eigenvalue weighted by atomic mass is 10.2. The number of carbonyl (C=O) groups excluding carboxylic acids is 1. The van der Waals surface area contributed by atoms with Crippen LogP contribution in [0.3, 0.4) is 0 Å². The van der Waals surface area contributed by atoms with Crippen LogP contribution in [0, 0.1) is 0 Å². The van der Waals surface area contributed by atoms with Gasteiger partial charge in [0.1, 0.15) is 0 Å². The average molecular weight is 492 g/mol. The number of aliphatic imine (C=N–C) groups is 1. The van der Waals surface area contributed by atoms with Crippen LogP contribution < -0.4 is 5.32 Å². The van der Waals surface area contributed by atoms with Gasteiger partial charge in [0.25, 0.3) is 0 Å². The second-order valence-electron chi connectivity index (χ2n) is 6.00. The summed E-state index contributed by atoms with van der Waals surface area (Å²) in [5, 5.41) is 3.29. The van der Waals surface area contributed by atoms with E-state index < -0.39 is 10.8 Å². The number of halogens is 1. The van der Waals surface area contributed by atoms with Gasteiger partial charge in [-0.25, -0.2) is 0 Å². The van der Waals surface area contributed by atoms with Crippen LogP contribution in [-0.2, 0) is 21.3 Å². The van der Waals surface area contributed by atoms with Crippen LogP contribution in [0.1, 0.15) is 19.4 Å². The van der Waals surface area contributed by atoms with E-state index in [9.17, 15) is 9.00 Å². The Kier molecular flexibility index (Phi) is 10.8. The van der Waals surface area contributed by atoms with Gasteiger partial charge >= 0.3 is 0 Å². The number of guanidine groups is 1. The predicted octanol–water partition coefficient (Wildman–Crippen LogP) is 1.68. The third kappa shape index (κ3) is 7.61. The van der Waals surface area contributed by atoms with Crippen molar-refractivity contribution in [3.05, 3.63) is 35.9 Å². The second kappa shape index (κ2) is 12.3. The monoisotopic (exact) mass is 492 g/mol. The Labute approximate surface area is 175 Å². The molecule has 1 aromatic rings. The van der Waals surface area contributed by atoms with Crippen LogP contribution >= 0.6 is 24.0 Å². The molecule has 0 radical (unpaired) electrons. The van der Waals surface area contributed by atoms with E-state index in [-0.39, 0.29) is 29.9 Å². The first kappa shape index (κ1) is 22.9. The molecule has 0 spiro atoms. The first-order valence-corrected chi connectivity index (χ1v) is 10.3. The highest BCUT2D eigenvalue weighted by Crippen LogP contribution is 2.04. The second-order valence-corrected chi connectivity index (χ2v) is 7.58. The first-order valence-electron chi connectivity index (χ1n) is 8.77. The SMILES string of the molecule is CCNC(=NCCS(=O)Cc1ccccc1)N1CCN(C(C)=O)CC1.I. The molecule has 1 aliphatic heterocycles. The number of carbonyl (C=O) groups is 1. The number of amides is 1. The van der Waals surface area contributed by atoms with Gasteiger partial charge in [-0.05, 0) is 12.5 Å². The fourth-order valence-corrected chi connectivity index (χ4v) is 3.75. The van der Waals surface area contributed by atoms with Crippen molar-refractivity contribution in [2.75, 3.05) is 45.0 Å². The summed E-state index contributed by atoms with van der Waals surface area (Å²) in [6.07, 6.45) is 0. The van der Waals surface area contributed by atoms with Crippen LogP contribution in [0.5, 0.6) is 0 Å². The molecule has 1 aliphatic rings. The minimum Gasteiger partial charge on any atom is -0.357 e. The van der Waals surface area contributed by atoms with Crippen molar-refractivity contribution in [2.24, 2.45) is 4.99 Å². The number of nitrogens with zero attached hydrogens (tertiary/aromatic N) is 3. The fourth-order valence-electron chi connectivity index (χ4n) is 2.74. The van der Waals surface area contributed by atoms with Crippen LogP contribution in [0.15, 0.2) is 35.3 Å². The van der Waals surface area contributed by atoms with Crippen LogP contribution in [0.4, 0.5) is 0 Å². The van der Waals surface area contributed by atoms with E-state index in [2.05, 4.69) is 15.2 Å². The summed E-state index contributed by atoms with van der Waals surface area (Å²) in [7, 11) is -0.914. The van der Waals surface area contributed by atoms with Gasteiger partial charge in [-0.1, -0.05) is 30.3 Å². The lowest BCUT2D eigenvalue weighted by Gasteiger charge is -2.36. The molecule has 0 bridgehead atoms. The average Bonchev–Trinajstić information content (AvgIpc) is 2.62. The first-order chi connectivity index (χ1) is 12.1. The quantitative estimate of drug-likeness (QED) is 0.373. The number of rotatable bonds is 6. The summed E-state index contributed by atoms with van der Waals surface area (Å²) < 4.78 is 12.2. The van der Waals surface area contributed by atoms with E-state index >= 15 is 0 Å². The fraction of sp³-hybridized carbons (Fsp3) is 0.556. The molecule has 0 aliphatic carbocycles. The van der Waals surface area contributed by atoms with Gasteiger partial charge < -0.3 is 15.1 Å². The molecule has 0 aromatic heterocycles. The van der Waals surface area contributed by atoms with Crippen molar-refractivity contribution in [2.45, 2.75) is 19.6 Å². The smallest absolute Gasteiger partial charge is 0.219 e. The Balaban J connectivity index is 0.00000338. The van der Waals surface area contributed by atoms with Gasteiger partial charge in [0.15, 0.2) is 5.96 Å². The highest BCUT2D eigenvalue weighted by molar-refractivity contribution is 14.0. The Morgan fingerprint density at radius 3 is 2.35 bits per heavy atom.